The lowest BCUT2D eigenvalue weighted by Crippen LogP contribution is -2.03. The first-order chi connectivity index (χ1) is 10.2. The zero-order chi connectivity index (χ0) is 15.2. The molecule has 0 aromatic heterocycles. The molecule has 0 heterocycles. The molecule has 3 heteroatoms. The van der Waals surface area contributed by atoms with Gasteiger partial charge in [0.25, 0.3) is 0 Å². The lowest BCUT2D eigenvalue weighted by atomic mass is 10.1. The van der Waals surface area contributed by atoms with Gasteiger partial charge in [-0.25, -0.2) is 0 Å². The summed E-state index contributed by atoms with van der Waals surface area (Å²) < 4.78 is 11.1. The van der Waals surface area contributed by atoms with Gasteiger partial charge >= 0.3 is 0 Å². The van der Waals surface area contributed by atoms with E-state index in [9.17, 15) is 4.79 Å². The van der Waals surface area contributed by atoms with E-state index in [0.29, 0.717) is 18.8 Å². The topological polar surface area (TPSA) is 35.5 Å². The molecule has 0 unspecified atom stereocenters. The van der Waals surface area contributed by atoms with E-state index >= 15 is 0 Å². The highest BCUT2D eigenvalue weighted by molar-refractivity contribution is 5.77. The van der Waals surface area contributed by atoms with Crippen LogP contribution in [-0.4, -0.2) is 13.4 Å². The first kappa shape index (κ1) is 15.3. The van der Waals surface area contributed by atoms with Gasteiger partial charge in [-0.3, -0.25) is 4.79 Å². The number of benzene rings is 2. The minimum Gasteiger partial charge on any atom is -0.488 e. The second-order valence-electron chi connectivity index (χ2n) is 5.09. The number of aryl methyl sites for hydroxylation is 2. The third-order valence-electron chi connectivity index (χ3n) is 3.43. The second kappa shape index (κ2) is 7.04. The quantitative estimate of drug-likeness (QED) is 0.756. The van der Waals surface area contributed by atoms with Crippen LogP contribution in [0.1, 0.15) is 32.6 Å². The smallest absolute Gasteiger partial charge is 0.150 e. The molecule has 0 bridgehead atoms. The number of rotatable bonds is 6. The highest BCUT2D eigenvalue weighted by Gasteiger charge is 2.07. The number of ether oxygens (including phenoxy) is 2. The normalized spacial score (nSPS) is 10.4. The molecule has 0 fully saturated rings. The third kappa shape index (κ3) is 3.70. The summed E-state index contributed by atoms with van der Waals surface area (Å²) in [6.07, 6.45) is 0.861. The Hall–Kier alpha value is -2.13. The van der Waals surface area contributed by atoms with Crippen LogP contribution in [0.25, 0.3) is 0 Å². The average Bonchev–Trinajstić information content (AvgIpc) is 2.47. The monoisotopic (exact) mass is 284 g/mol. The molecule has 0 aliphatic carbocycles. The van der Waals surface area contributed by atoms with Crippen molar-refractivity contribution in [1.29, 1.82) is 0 Å². The van der Waals surface area contributed by atoms with Crippen LogP contribution >= 0.6 is 0 Å². The number of carbonyl (C=O) groups excluding carboxylic acids is 1. The molecule has 2 rings (SSSR count). The molecule has 0 aliphatic rings. The summed E-state index contributed by atoms with van der Waals surface area (Å²) in [6, 6.07) is 11.7. The Morgan fingerprint density at radius 2 is 1.76 bits per heavy atom. The Morgan fingerprint density at radius 1 is 1.05 bits per heavy atom. The SMILES string of the molecule is COCc1ccc(C=O)c(COc2c(C)cccc2C)c1. The third-order valence-corrected chi connectivity index (χ3v) is 3.43. The molecule has 0 N–H and O–H groups in total. The summed E-state index contributed by atoms with van der Waals surface area (Å²) in [4.78, 5) is 11.2. The van der Waals surface area contributed by atoms with E-state index in [4.69, 9.17) is 9.47 Å². The predicted octanol–water partition coefficient (Wildman–Crippen LogP) is 3.84. The minimum absolute atomic E-state index is 0.372. The fraction of sp³-hybridized carbons (Fsp3) is 0.278. The van der Waals surface area contributed by atoms with Crippen LogP contribution in [0, 0.1) is 13.8 Å². The maximum absolute atomic E-state index is 11.2. The van der Waals surface area contributed by atoms with Crippen molar-refractivity contribution in [3.8, 4) is 5.75 Å². The zero-order valence-corrected chi connectivity index (χ0v) is 12.7. The van der Waals surface area contributed by atoms with Crippen LogP contribution in [-0.2, 0) is 18.0 Å². The summed E-state index contributed by atoms with van der Waals surface area (Å²) in [5.74, 6) is 0.881. The lowest BCUT2D eigenvalue weighted by molar-refractivity contribution is 0.112. The molecule has 0 radical (unpaired) electrons. The van der Waals surface area contributed by atoms with E-state index in [1.165, 1.54) is 0 Å². The Kier molecular flexibility index (Phi) is 5.12. The van der Waals surface area contributed by atoms with Crippen LogP contribution in [0.3, 0.4) is 0 Å². The van der Waals surface area contributed by atoms with Gasteiger partial charge in [0, 0.05) is 18.2 Å². The van der Waals surface area contributed by atoms with Gasteiger partial charge in [0.05, 0.1) is 6.61 Å². The molecule has 2 aromatic rings. The first-order valence-electron chi connectivity index (χ1n) is 6.90. The Balaban J connectivity index is 2.22. The molecule has 2 aromatic carbocycles. The van der Waals surface area contributed by atoms with Gasteiger partial charge in [-0.15, -0.1) is 0 Å². The van der Waals surface area contributed by atoms with Crippen LogP contribution in [0.2, 0.25) is 0 Å². The van der Waals surface area contributed by atoms with Gasteiger partial charge < -0.3 is 9.47 Å². The van der Waals surface area contributed by atoms with Crippen LogP contribution in [0.5, 0.6) is 5.75 Å². The molecular formula is C18H20O3. The lowest BCUT2D eigenvalue weighted by Gasteiger charge is -2.13. The van der Waals surface area contributed by atoms with Crippen molar-refractivity contribution >= 4 is 6.29 Å². The van der Waals surface area contributed by atoms with Crippen LogP contribution in [0.15, 0.2) is 36.4 Å². The number of hydrogen-bond acceptors (Lipinski definition) is 3. The number of methoxy groups -OCH3 is 1. The molecule has 0 spiro atoms. The van der Waals surface area contributed by atoms with Gasteiger partial charge in [0.1, 0.15) is 18.6 Å². The molecular weight excluding hydrogens is 264 g/mol. The van der Waals surface area contributed by atoms with E-state index < -0.39 is 0 Å². The molecule has 0 saturated carbocycles. The van der Waals surface area contributed by atoms with Crippen molar-refractivity contribution in [2.75, 3.05) is 7.11 Å². The van der Waals surface area contributed by atoms with E-state index in [-0.39, 0.29) is 0 Å². The molecule has 0 saturated heterocycles. The Morgan fingerprint density at radius 3 is 2.38 bits per heavy atom. The zero-order valence-electron chi connectivity index (χ0n) is 12.7. The first-order valence-corrected chi connectivity index (χ1v) is 6.90. The van der Waals surface area contributed by atoms with Gasteiger partial charge in [0.15, 0.2) is 0 Å². The van der Waals surface area contributed by atoms with Crippen molar-refractivity contribution < 1.29 is 14.3 Å². The maximum atomic E-state index is 11.2. The fourth-order valence-electron chi connectivity index (χ4n) is 2.33. The summed E-state index contributed by atoms with van der Waals surface area (Å²) in [5.41, 5.74) is 4.75. The fourth-order valence-corrected chi connectivity index (χ4v) is 2.33. The predicted molar refractivity (Wildman–Crippen MR) is 82.8 cm³/mol. The highest BCUT2D eigenvalue weighted by atomic mass is 16.5. The largest absolute Gasteiger partial charge is 0.488 e. The summed E-state index contributed by atoms with van der Waals surface area (Å²) in [7, 11) is 1.65. The van der Waals surface area contributed by atoms with Crippen molar-refractivity contribution in [3.05, 3.63) is 64.2 Å². The standard InChI is InChI=1S/C18H20O3/c1-13-5-4-6-14(2)18(13)21-12-17-9-15(11-20-3)7-8-16(17)10-19/h4-10H,11-12H2,1-3H3. The Bertz CT molecular complexity index is 612. The molecule has 21 heavy (non-hydrogen) atoms. The second-order valence-corrected chi connectivity index (χ2v) is 5.09. The van der Waals surface area contributed by atoms with Crippen molar-refractivity contribution in [2.24, 2.45) is 0 Å². The molecule has 0 atom stereocenters. The number of aldehydes is 1. The van der Waals surface area contributed by atoms with Gasteiger partial charge in [-0.2, -0.15) is 0 Å². The summed E-state index contributed by atoms with van der Waals surface area (Å²) >= 11 is 0. The molecule has 0 aliphatic heterocycles. The highest BCUT2D eigenvalue weighted by Crippen LogP contribution is 2.24. The number of para-hydroxylation sites is 1. The van der Waals surface area contributed by atoms with Gasteiger partial charge in [-0.05, 0) is 36.6 Å². The maximum Gasteiger partial charge on any atom is 0.150 e. The van der Waals surface area contributed by atoms with Gasteiger partial charge in [0.2, 0.25) is 0 Å². The van der Waals surface area contributed by atoms with Gasteiger partial charge in [-0.1, -0.05) is 30.3 Å². The molecule has 0 amide bonds. The summed E-state index contributed by atoms with van der Waals surface area (Å²) in [5, 5.41) is 0. The number of carbonyl (C=O) groups is 1. The van der Waals surface area contributed by atoms with Crippen molar-refractivity contribution in [3.63, 3.8) is 0 Å². The van der Waals surface area contributed by atoms with E-state index in [1.54, 1.807) is 7.11 Å². The summed E-state index contributed by atoms with van der Waals surface area (Å²) in [6.45, 7) is 4.93. The van der Waals surface area contributed by atoms with Crippen LogP contribution < -0.4 is 4.74 Å². The van der Waals surface area contributed by atoms with Crippen molar-refractivity contribution in [1.82, 2.24) is 0 Å². The van der Waals surface area contributed by atoms with Crippen LogP contribution in [0.4, 0.5) is 0 Å². The van der Waals surface area contributed by atoms with Crippen molar-refractivity contribution in [2.45, 2.75) is 27.1 Å². The molecule has 110 valence electrons. The number of hydrogen-bond donors (Lipinski definition) is 0. The average molecular weight is 284 g/mol. The minimum atomic E-state index is 0.372. The van der Waals surface area contributed by atoms with E-state index in [1.807, 2.05) is 50.2 Å². The van der Waals surface area contributed by atoms with E-state index in [2.05, 4.69) is 0 Å². The Labute approximate surface area is 125 Å². The molecule has 3 nitrogen and oxygen atoms in total. The van der Waals surface area contributed by atoms with E-state index in [0.717, 1.165) is 34.3 Å².